The van der Waals surface area contributed by atoms with Crippen molar-refractivity contribution in [3.8, 4) is 17.0 Å². The fourth-order valence-electron chi connectivity index (χ4n) is 1.98. The lowest BCUT2D eigenvalue weighted by Gasteiger charge is -2.11. The minimum atomic E-state index is 0.413. The zero-order valence-electron chi connectivity index (χ0n) is 11.0. The molecule has 0 amide bonds. The van der Waals surface area contributed by atoms with E-state index in [0.717, 1.165) is 23.4 Å². The minimum Gasteiger partial charge on any atom is -0.496 e. The normalized spacial score (nSPS) is 12.4. The van der Waals surface area contributed by atoms with Crippen LogP contribution in [0.2, 0.25) is 0 Å². The molecular formula is C14H19N3O. The summed E-state index contributed by atoms with van der Waals surface area (Å²) in [4.78, 5) is 0. The van der Waals surface area contributed by atoms with Crippen LogP contribution in [0.5, 0.6) is 5.75 Å². The quantitative estimate of drug-likeness (QED) is 0.849. The van der Waals surface area contributed by atoms with Crippen molar-refractivity contribution >= 4 is 0 Å². The molecule has 2 N–H and O–H groups in total. The van der Waals surface area contributed by atoms with Crippen LogP contribution in [-0.2, 0) is 6.42 Å². The average molecular weight is 245 g/mol. The van der Waals surface area contributed by atoms with E-state index in [1.807, 2.05) is 37.5 Å². The molecule has 0 spiro atoms. The highest BCUT2D eigenvalue weighted by Crippen LogP contribution is 2.30. The number of rotatable bonds is 5. The van der Waals surface area contributed by atoms with Gasteiger partial charge < -0.3 is 10.1 Å². The van der Waals surface area contributed by atoms with Crippen LogP contribution in [0.15, 0.2) is 30.5 Å². The van der Waals surface area contributed by atoms with E-state index in [9.17, 15) is 0 Å². The van der Waals surface area contributed by atoms with Gasteiger partial charge in [-0.15, -0.1) is 0 Å². The van der Waals surface area contributed by atoms with Crippen molar-refractivity contribution in [3.05, 3.63) is 36.0 Å². The number of hydrogen-bond acceptors (Lipinski definition) is 3. The number of ether oxygens (including phenoxy) is 1. The van der Waals surface area contributed by atoms with Crippen molar-refractivity contribution in [2.45, 2.75) is 19.4 Å². The molecule has 1 unspecified atom stereocenters. The fraction of sp³-hybridized carbons (Fsp3) is 0.357. The number of para-hydroxylation sites is 1. The maximum atomic E-state index is 5.39. The molecule has 0 saturated heterocycles. The Hall–Kier alpha value is -1.81. The van der Waals surface area contributed by atoms with E-state index in [0.29, 0.717) is 6.04 Å². The van der Waals surface area contributed by atoms with Gasteiger partial charge >= 0.3 is 0 Å². The summed E-state index contributed by atoms with van der Waals surface area (Å²) < 4.78 is 5.39. The zero-order chi connectivity index (χ0) is 13.0. The first-order valence-corrected chi connectivity index (χ1v) is 6.09. The molecule has 0 aliphatic carbocycles. The average Bonchev–Trinajstić information content (AvgIpc) is 2.86. The van der Waals surface area contributed by atoms with E-state index < -0.39 is 0 Å². The highest BCUT2D eigenvalue weighted by molar-refractivity contribution is 5.69. The van der Waals surface area contributed by atoms with Crippen LogP contribution in [0.1, 0.15) is 12.5 Å². The number of aromatic amines is 1. The lowest BCUT2D eigenvalue weighted by molar-refractivity contribution is 0.416. The Morgan fingerprint density at radius 2 is 2.17 bits per heavy atom. The molecule has 18 heavy (non-hydrogen) atoms. The SMILES string of the molecule is CNC(C)Cc1cn[nH]c1-c1ccccc1OC. The monoisotopic (exact) mass is 245 g/mol. The Morgan fingerprint density at radius 3 is 2.89 bits per heavy atom. The number of likely N-dealkylation sites (N-methyl/N-ethyl adjacent to an activating group) is 1. The summed E-state index contributed by atoms with van der Waals surface area (Å²) in [6, 6.07) is 8.39. The van der Waals surface area contributed by atoms with Crippen LogP contribution in [0.4, 0.5) is 0 Å². The molecule has 0 aliphatic heterocycles. The van der Waals surface area contributed by atoms with Crippen LogP contribution >= 0.6 is 0 Å². The standard InChI is InChI=1S/C14H19N3O/c1-10(15-2)8-11-9-16-17-14(11)12-6-4-5-7-13(12)18-3/h4-7,9-10,15H,8H2,1-3H3,(H,16,17). The molecule has 0 saturated carbocycles. The molecule has 2 aromatic rings. The Morgan fingerprint density at radius 1 is 1.39 bits per heavy atom. The predicted molar refractivity (Wildman–Crippen MR) is 72.8 cm³/mol. The van der Waals surface area contributed by atoms with Gasteiger partial charge in [-0.3, -0.25) is 5.10 Å². The number of methoxy groups -OCH3 is 1. The highest BCUT2D eigenvalue weighted by atomic mass is 16.5. The number of nitrogens with zero attached hydrogens (tertiary/aromatic N) is 1. The van der Waals surface area contributed by atoms with Crippen LogP contribution in [0.25, 0.3) is 11.3 Å². The summed E-state index contributed by atoms with van der Waals surface area (Å²) in [7, 11) is 3.65. The number of nitrogens with one attached hydrogen (secondary N) is 2. The summed E-state index contributed by atoms with van der Waals surface area (Å²) in [6.45, 7) is 2.15. The highest BCUT2D eigenvalue weighted by Gasteiger charge is 2.13. The number of H-pyrrole nitrogens is 1. The zero-order valence-corrected chi connectivity index (χ0v) is 11.0. The van der Waals surface area contributed by atoms with E-state index >= 15 is 0 Å². The van der Waals surface area contributed by atoms with Gasteiger partial charge in [-0.25, -0.2) is 0 Å². The van der Waals surface area contributed by atoms with Crippen LogP contribution in [-0.4, -0.2) is 30.4 Å². The number of aromatic nitrogens is 2. The second kappa shape index (κ2) is 5.69. The number of hydrogen-bond donors (Lipinski definition) is 2. The number of benzene rings is 1. The lowest BCUT2D eigenvalue weighted by atomic mass is 10.0. The molecule has 1 atom stereocenters. The van der Waals surface area contributed by atoms with Gasteiger partial charge in [0.05, 0.1) is 19.0 Å². The van der Waals surface area contributed by atoms with Crippen molar-refractivity contribution in [1.82, 2.24) is 15.5 Å². The Kier molecular flexibility index (Phi) is 3.99. The Balaban J connectivity index is 2.36. The van der Waals surface area contributed by atoms with Crippen LogP contribution in [0.3, 0.4) is 0 Å². The molecular weight excluding hydrogens is 226 g/mol. The fourth-order valence-corrected chi connectivity index (χ4v) is 1.98. The third kappa shape index (κ3) is 2.54. The maximum absolute atomic E-state index is 5.39. The first-order valence-electron chi connectivity index (χ1n) is 6.09. The molecule has 4 nitrogen and oxygen atoms in total. The lowest BCUT2D eigenvalue weighted by Crippen LogP contribution is -2.23. The van der Waals surface area contributed by atoms with Crippen molar-refractivity contribution in [2.75, 3.05) is 14.2 Å². The molecule has 0 fully saturated rings. The van der Waals surface area contributed by atoms with E-state index in [-0.39, 0.29) is 0 Å². The van der Waals surface area contributed by atoms with Gasteiger partial charge in [-0.1, -0.05) is 12.1 Å². The first kappa shape index (κ1) is 12.6. The van der Waals surface area contributed by atoms with Crippen LogP contribution < -0.4 is 10.1 Å². The summed E-state index contributed by atoms with van der Waals surface area (Å²) in [6.07, 6.45) is 2.82. The molecule has 1 heterocycles. The predicted octanol–water partition coefficient (Wildman–Crippen LogP) is 2.24. The summed E-state index contributed by atoms with van der Waals surface area (Å²) in [5, 5.41) is 10.5. The Bertz CT molecular complexity index is 507. The summed E-state index contributed by atoms with van der Waals surface area (Å²) in [5.74, 6) is 0.861. The molecule has 2 rings (SSSR count). The van der Waals surface area contributed by atoms with Gasteiger partial charge in [0.1, 0.15) is 5.75 Å². The van der Waals surface area contributed by atoms with Gasteiger partial charge in [0, 0.05) is 11.6 Å². The third-order valence-corrected chi connectivity index (χ3v) is 3.11. The third-order valence-electron chi connectivity index (χ3n) is 3.11. The van der Waals surface area contributed by atoms with Crippen molar-refractivity contribution in [2.24, 2.45) is 0 Å². The van der Waals surface area contributed by atoms with Gasteiger partial charge in [-0.2, -0.15) is 5.10 Å². The first-order chi connectivity index (χ1) is 8.76. The van der Waals surface area contributed by atoms with E-state index in [1.165, 1.54) is 5.56 Å². The molecule has 1 aromatic carbocycles. The topological polar surface area (TPSA) is 49.9 Å². The molecule has 4 heteroatoms. The van der Waals surface area contributed by atoms with Crippen LogP contribution in [0, 0.1) is 0 Å². The molecule has 0 bridgehead atoms. The Labute approximate surface area is 107 Å². The summed E-state index contributed by atoms with van der Waals surface area (Å²) >= 11 is 0. The molecule has 1 aromatic heterocycles. The van der Waals surface area contributed by atoms with Crippen molar-refractivity contribution in [1.29, 1.82) is 0 Å². The second-order valence-corrected chi connectivity index (χ2v) is 4.36. The van der Waals surface area contributed by atoms with E-state index in [2.05, 4.69) is 22.4 Å². The largest absolute Gasteiger partial charge is 0.496 e. The minimum absolute atomic E-state index is 0.413. The van der Waals surface area contributed by atoms with Crippen molar-refractivity contribution < 1.29 is 4.74 Å². The summed E-state index contributed by atoms with van der Waals surface area (Å²) in [5.41, 5.74) is 3.28. The maximum Gasteiger partial charge on any atom is 0.128 e. The molecule has 0 aliphatic rings. The van der Waals surface area contributed by atoms with Gasteiger partial charge in [0.15, 0.2) is 0 Å². The smallest absolute Gasteiger partial charge is 0.128 e. The second-order valence-electron chi connectivity index (χ2n) is 4.36. The molecule has 0 radical (unpaired) electrons. The van der Waals surface area contributed by atoms with Gasteiger partial charge in [0.25, 0.3) is 0 Å². The van der Waals surface area contributed by atoms with Crippen molar-refractivity contribution in [3.63, 3.8) is 0 Å². The van der Waals surface area contributed by atoms with Gasteiger partial charge in [-0.05, 0) is 38.1 Å². The van der Waals surface area contributed by atoms with Gasteiger partial charge in [0.2, 0.25) is 0 Å². The van der Waals surface area contributed by atoms with E-state index in [4.69, 9.17) is 4.74 Å². The molecule has 96 valence electrons. The van der Waals surface area contributed by atoms with E-state index in [1.54, 1.807) is 7.11 Å².